The molecule has 0 atom stereocenters. The minimum absolute atomic E-state index is 0.105. The van der Waals surface area contributed by atoms with Crippen LogP contribution in [0.1, 0.15) is 91.0 Å². The highest BCUT2D eigenvalue weighted by Gasteiger charge is 2.40. The summed E-state index contributed by atoms with van der Waals surface area (Å²) in [5.41, 5.74) is 3.54. The number of anilines is 1. The van der Waals surface area contributed by atoms with Crippen LogP contribution in [0.25, 0.3) is 17.4 Å². The molecule has 0 saturated heterocycles. The van der Waals surface area contributed by atoms with Gasteiger partial charge >= 0.3 is 5.97 Å². The van der Waals surface area contributed by atoms with Crippen LogP contribution in [0.3, 0.4) is 0 Å². The van der Waals surface area contributed by atoms with E-state index in [0.717, 1.165) is 57.8 Å². The quantitative estimate of drug-likeness (QED) is 0.0348. The van der Waals surface area contributed by atoms with Crippen LogP contribution in [-0.2, 0) is 63.6 Å². The maximum Gasteiger partial charge on any atom is 0.303 e. The molecule has 0 aromatic heterocycles. The number of fused-ring (bicyclic) bond motifs is 2. The highest BCUT2D eigenvalue weighted by molar-refractivity contribution is 7.85. The Morgan fingerprint density at radius 3 is 1.78 bits per heavy atom. The second kappa shape index (κ2) is 31.4. The normalized spacial score (nSPS) is 14.2. The number of unbranched alkanes of at least 4 members (excludes halogenated alkanes) is 2. The maximum atomic E-state index is 12.2. The first-order valence-corrected chi connectivity index (χ1v) is 25.6. The molecule has 17 heteroatoms. The summed E-state index contributed by atoms with van der Waals surface area (Å²) in [5.74, 6) is 0.713. The molecule has 0 amide bonds. The fourth-order valence-electron chi connectivity index (χ4n) is 7.51. The second-order valence-electron chi connectivity index (χ2n) is 17.7. The molecule has 2 heterocycles. The highest BCUT2D eigenvalue weighted by Crippen LogP contribution is 2.48. The van der Waals surface area contributed by atoms with Crippen LogP contribution < -0.4 is 14.8 Å². The number of benzene rings is 2. The minimum Gasteiger partial charge on any atom is -0.481 e. The molecule has 1 aromatic carbocycles. The molecule has 388 valence electrons. The number of methoxy groups -OCH3 is 2. The minimum atomic E-state index is -4.42. The molecule has 2 aliphatic heterocycles. The number of ether oxygens (including phenoxy) is 8. The van der Waals surface area contributed by atoms with Crippen molar-refractivity contribution in [1.82, 2.24) is 4.58 Å². The summed E-state index contributed by atoms with van der Waals surface area (Å²) in [4.78, 5) is 13.2. The Balaban J connectivity index is 0.00000622. The molecule has 0 bridgehead atoms. The molecular formula is C52H81N2O14S+. The molecule has 1 aromatic rings. The van der Waals surface area contributed by atoms with Gasteiger partial charge in [0.25, 0.3) is 10.1 Å². The lowest BCUT2D eigenvalue weighted by Crippen LogP contribution is -2.36. The smallest absolute Gasteiger partial charge is 0.303 e. The Kier molecular flexibility index (Phi) is 26.9. The average Bonchev–Trinajstić information content (AvgIpc) is 3.52. The molecule has 2 N–H and O–H groups in total. The summed E-state index contributed by atoms with van der Waals surface area (Å²) in [5, 5.41) is 10.1. The van der Waals surface area contributed by atoms with Crippen LogP contribution in [0.2, 0.25) is 0 Å². The largest absolute Gasteiger partial charge is 0.481 e. The van der Waals surface area contributed by atoms with Crippen LogP contribution in [-0.4, -0.2) is 150 Å². The Labute approximate surface area is 411 Å². The molecule has 0 radical (unpaired) electrons. The molecule has 69 heavy (non-hydrogen) atoms. The number of rotatable bonds is 33. The monoisotopic (exact) mass is 990 g/mol. The van der Waals surface area contributed by atoms with E-state index in [1.54, 1.807) is 26.4 Å². The zero-order valence-corrected chi connectivity index (χ0v) is 43.5. The third-order valence-corrected chi connectivity index (χ3v) is 12.1. The Morgan fingerprint density at radius 2 is 1.28 bits per heavy atom. The van der Waals surface area contributed by atoms with Gasteiger partial charge in [0.15, 0.2) is 13.1 Å². The standard InChI is InChI=1S/C50H74N2O14S.C2H6/c1-49(2,3)47-36-39(12-11-13-46-50(4,5)43-38-41(67(55,56)57)16-18-44(43)52(46)19-10-8-9-14-48(53)54)42-17-15-40(37-45(42)66-47)51(20-22-60-28-30-64-34-32-62-26-24-58-6)21-23-61-29-31-65-35-33-63-27-25-59-7;1-2/h11-13,15-18,36-38H,8-10,14,19-35H2,1-7H3,(H-,53,54,55,56,57);1-2H3/p+1. The first-order valence-electron chi connectivity index (χ1n) is 24.2. The maximum absolute atomic E-state index is 12.2. The molecule has 0 unspecified atom stereocenters. The fourth-order valence-corrected chi connectivity index (χ4v) is 8.02. The number of allylic oxidation sites excluding steroid dienone is 3. The predicted octanol–water partition coefficient (Wildman–Crippen LogP) is 7.46. The molecule has 0 fully saturated rings. The number of carboxylic acids is 1. The van der Waals surface area contributed by atoms with Gasteiger partial charge in [-0.05, 0) is 60.4 Å². The van der Waals surface area contributed by atoms with Crippen LogP contribution >= 0.6 is 0 Å². The van der Waals surface area contributed by atoms with Gasteiger partial charge in [0.1, 0.15) is 24.7 Å². The van der Waals surface area contributed by atoms with E-state index in [0.29, 0.717) is 119 Å². The number of carbonyl (C=O) groups is 1. The van der Waals surface area contributed by atoms with Crippen molar-refractivity contribution in [2.75, 3.05) is 131 Å². The van der Waals surface area contributed by atoms with Gasteiger partial charge in [-0.2, -0.15) is 8.42 Å². The van der Waals surface area contributed by atoms with Crippen molar-refractivity contribution in [3.63, 3.8) is 0 Å². The Bertz CT molecular complexity index is 2150. The van der Waals surface area contributed by atoms with E-state index in [9.17, 15) is 17.8 Å². The van der Waals surface area contributed by atoms with Crippen molar-refractivity contribution >= 4 is 27.9 Å². The lowest BCUT2D eigenvalue weighted by Gasteiger charge is -2.27. The van der Waals surface area contributed by atoms with E-state index < -0.39 is 21.5 Å². The molecule has 3 aliphatic rings. The van der Waals surface area contributed by atoms with Crippen LogP contribution in [0.5, 0.6) is 0 Å². The van der Waals surface area contributed by atoms with Gasteiger partial charge in [-0.25, -0.2) is 4.58 Å². The van der Waals surface area contributed by atoms with Gasteiger partial charge < -0.3 is 52.3 Å². The van der Waals surface area contributed by atoms with E-state index in [-0.39, 0.29) is 16.7 Å². The number of hydrogen-bond acceptors (Lipinski definition) is 13. The predicted molar refractivity (Wildman–Crippen MR) is 269 cm³/mol. The van der Waals surface area contributed by atoms with Crippen LogP contribution in [0.15, 0.2) is 69.6 Å². The lowest BCUT2D eigenvalue weighted by atomic mass is 9.83. The van der Waals surface area contributed by atoms with E-state index in [1.807, 2.05) is 33.8 Å². The highest BCUT2D eigenvalue weighted by atomic mass is 32.2. The van der Waals surface area contributed by atoms with Gasteiger partial charge in [0, 0.05) is 61.0 Å². The summed E-state index contributed by atoms with van der Waals surface area (Å²) in [7, 11) is -1.14. The summed E-state index contributed by atoms with van der Waals surface area (Å²) >= 11 is 0. The van der Waals surface area contributed by atoms with E-state index in [2.05, 4.69) is 66.7 Å². The number of carboxylic acid groups (broad SMARTS) is 1. The third kappa shape index (κ3) is 20.3. The molecule has 4 rings (SSSR count). The summed E-state index contributed by atoms with van der Waals surface area (Å²) in [6.07, 6.45) is 8.26. The zero-order valence-electron chi connectivity index (χ0n) is 42.7. The zero-order chi connectivity index (χ0) is 50.7. The summed E-state index contributed by atoms with van der Waals surface area (Å²) < 4.78 is 87.4. The van der Waals surface area contributed by atoms with Gasteiger partial charge in [-0.15, -0.1) is 0 Å². The van der Waals surface area contributed by atoms with Crippen LogP contribution in [0, 0.1) is 0 Å². The van der Waals surface area contributed by atoms with Gasteiger partial charge in [0.05, 0.1) is 90.2 Å². The van der Waals surface area contributed by atoms with E-state index in [4.69, 9.17) is 47.4 Å². The first-order chi connectivity index (χ1) is 33.1. The van der Waals surface area contributed by atoms with Crippen molar-refractivity contribution < 1.29 is 65.2 Å². The van der Waals surface area contributed by atoms with Gasteiger partial charge in [0.2, 0.25) is 5.36 Å². The van der Waals surface area contributed by atoms with Gasteiger partial charge in [-0.1, -0.05) is 67.0 Å². The van der Waals surface area contributed by atoms with Crippen molar-refractivity contribution in [3.05, 3.63) is 82.6 Å². The lowest BCUT2D eigenvalue weighted by molar-refractivity contribution is -0.137. The summed E-state index contributed by atoms with van der Waals surface area (Å²) in [6.45, 7) is 23.1. The molecule has 1 aliphatic carbocycles. The Hall–Kier alpha value is -4.01. The van der Waals surface area contributed by atoms with E-state index in [1.165, 1.54) is 6.07 Å². The molecular weight excluding hydrogens is 909 g/mol. The molecule has 0 spiro atoms. The third-order valence-electron chi connectivity index (χ3n) is 11.2. The number of aliphatic carboxylic acids is 1. The van der Waals surface area contributed by atoms with Crippen molar-refractivity contribution in [2.24, 2.45) is 0 Å². The average molecular weight is 990 g/mol. The van der Waals surface area contributed by atoms with E-state index >= 15 is 0 Å². The second-order valence-corrected chi connectivity index (χ2v) is 19.1. The van der Waals surface area contributed by atoms with Crippen molar-refractivity contribution in [1.29, 1.82) is 0 Å². The number of nitrogens with zero attached hydrogens (tertiary/aromatic N) is 2. The molecule has 16 nitrogen and oxygen atoms in total. The Morgan fingerprint density at radius 1 is 0.739 bits per heavy atom. The van der Waals surface area contributed by atoms with Crippen molar-refractivity contribution in [2.45, 2.75) is 89.9 Å². The van der Waals surface area contributed by atoms with Gasteiger partial charge in [-0.3, -0.25) is 9.35 Å². The molecule has 0 saturated carbocycles. The SMILES string of the molecule is CC.COCCOCCOCCOCC[N+](CCOCCOCCOCCOC)=c1ccc2c(/C=C/C=C3/N(CCCCCC(=O)O)c4ccc(S(=O)(=O)O)cc4C3(C)C)cc(C(C)(C)C)oc-2c1. The number of hydrogen-bond donors (Lipinski definition) is 2. The topological polar surface area (TPSA) is 185 Å². The fraction of sp³-hybridized carbons (Fsp3) is 0.615. The summed E-state index contributed by atoms with van der Waals surface area (Å²) in [6, 6.07) is 13.0. The van der Waals surface area contributed by atoms with Crippen LogP contribution in [0.4, 0.5) is 5.69 Å². The first kappa shape index (κ1) is 59.3. The van der Waals surface area contributed by atoms with Crippen molar-refractivity contribution in [3.8, 4) is 11.3 Å².